The molecular weight excluding hydrogens is 733 g/mol. The molecule has 0 amide bonds. The van der Waals surface area contributed by atoms with Crippen molar-refractivity contribution in [2.45, 2.75) is 18.8 Å². The number of benzene rings is 8. The molecule has 5 heteroatoms. The van der Waals surface area contributed by atoms with Crippen LogP contribution in [-0.4, -0.2) is 18.9 Å². The first-order chi connectivity index (χ1) is 29.8. The highest BCUT2D eigenvalue weighted by molar-refractivity contribution is 6.28. The summed E-state index contributed by atoms with van der Waals surface area (Å²) >= 11 is 0. The maximum atomic E-state index is 6.70. The normalized spacial score (nSPS) is 14.4. The number of aryl methyl sites for hydroxylation is 1. The first-order valence-corrected chi connectivity index (χ1v) is 20.8. The van der Waals surface area contributed by atoms with Crippen molar-refractivity contribution < 1.29 is 4.42 Å². The van der Waals surface area contributed by atoms with Gasteiger partial charge in [0.1, 0.15) is 11.4 Å². The Labute approximate surface area is 343 Å². The molecule has 8 aromatic carbocycles. The van der Waals surface area contributed by atoms with Gasteiger partial charge < -0.3 is 13.4 Å². The average molecular weight is 767 g/mol. The molecule has 1 aliphatic rings. The van der Waals surface area contributed by atoms with Gasteiger partial charge in [0.2, 0.25) is 5.71 Å². The average Bonchev–Trinajstić information content (AvgIpc) is 4.02. The molecule has 14 rings (SSSR count). The molecule has 5 aromatic heterocycles. The largest absolute Gasteiger partial charge is 0.438 e. The van der Waals surface area contributed by atoms with Crippen LogP contribution in [0.2, 0.25) is 0 Å². The Morgan fingerprint density at radius 2 is 1.18 bits per heavy atom. The van der Waals surface area contributed by atoms with Crippen molar-refractivity contribution in [2.24, 2.45) is 0 Å². The van der Waals surface area contributed by atoms with E-state index in [1.807, 2.05) is 12.1 Å². The first kappa shape index (κ1) is 32.2. The van der Waals surface area contributed by atoms with Crippen molar-refractivity contribution in [1.29, 1.82) is 0 Å². The van der Waals surface area contributed by atoms with Gasteiger partial charge in [-0.05, 0) is 89.7 Å². The number of aromatic nitrogens is 4. The van der Waals surface area contributed by atoms with E-state index in [1.165, 1.54) is 76.6 Å². The van der Waals surface area contributed by atoms with E-state index >= 15 is 0 Å². The predicted octanol–water partition coefficient (Wildman–Crippen LogP) is 14.0. The molecule has 1 unspecified atom stereocenters. The van der Waals surface area contributed by atoms with E-state index in [9.17, 15) is 0 Å². The standard InChI is InChI=1S/C55H34N4O/c1-2-15-34(16-3-1)58-44-22-10-6-18-36(44)41-30-33(27-29-47(41)58)52-51-40-21-9-13-25-48(40)60-55(51)57-54(56-52)38-28-26-32-14-4-5-17-35(32)49-42(38)31-43-37-19-7-11-23-45(37)59-46-24-12-8-20-39(46)50(49)53(43)59/h1-25,27,29-31,38H,26,28H2. The highest BCUT2D eigenvalue weighted by atomic mass is 16.3. The second kappa shape index (κ2) is 11.9. The summed E-state index contributed by atoms with van der Waals surface area (Å²) in [6.07, 6.45) is 1.77. The number of rotatable bonds is 3. The lowest BCUT2D eigenvalue weighted by Crippen LogP contribution is -2.09. The van der Waals surface area contributed by atoms with E-state index in [2.05, 4.69) is 173 Å². The number of hydrogen-bond acceptors (Lipinski definition) is 3. The van der Waals surface area contributed by atoms with Crippen molar-refractivity contribution in [3.63, 3.8) is 0 Å². The van der Waals surface area contributed by atoms with Crippen LogP contribution in [0.5, 0.6) is 0 Å². The van der Waals surface area contributed by atoms with Crippen LogP contribution in [0.15, 0.2) is 180 Å². The van der Waals surface area contributed by atoms with Gasteiger partial charge in [0, 0.05) is 54.9 Å². The molecule has 0 bridgehead atoms. The maximum absolute atomic E-state index is 6.70. The van der Waals surface area contributed by atoms with Gasteiger partial charge in [0.15, 0.2) is 0 Å². The van der Waals surface area contributed by atoms with Gasteiger partial charge in [0.25, 0.3) is 0 Å². The molecule has 0 saturated carbocycles. The molecule has 13 aromatic rings. The van der Waals surface area contributed by atoms with Crippen molar-refractivity contribution in [1.82, 2.24) is 18.9 Å². The summed E-state index contributed by atoms with van der Waals surface area (Å²) in [6, 6.07) is 63.7. The predicted molar refractivity (Wildman–Crippen MR) is 246 cm³/mol. The molecular formula is C55H34N4O. The minimum atomic E-state index is -0.0944. The molecule has 0 fully saturated rings. The van der Waals surface area contributed by atoms with Gasteiger partial charge in [-0.25, -0.2) is 4.98 Å². The molecule has 280 valence electrons. The van der Waals surface area contributed by atoms with E-state index < -0.39 is 0 Å². The molecule has 5 nitrogen and oxygen atoms in total. The third kappa shape index (κ3) is 4.25. The topological polar surface area (TPSA) is 48.3 Å². The van der Waals surface area contributed by atoms with E-state index in [-0.39, 0.29) is 5.92 Å². The van der Waals surface area contributed by atoms with Crippen LogP contribution in [0.1, 0.15) is 29.3 Å². The Bertz CT molecular complexity index is 3910. The van der Waals surface area contributed by atoms with Crippen LogP contribution in [-0.2, 0) is 6.42 Å². The van der Waals surface area contributed by atoms with Gasteiger partial charge in [-0.1, -0.05) is 121 Å². The van der Waals surface area contributed by atoms with Crippen molar-refractivity contribution in [3.8, 4) is 28.1 Å². The Balaban J connectivity index is 1.08. The summed E-state index contributed by atoms with van der Waals surface area (Å²) in [5, 5.41) is 9.47. The van der Waals surface area contributed by atoms with Crippen LogP contribution in [0.3, 0.4) is 0 Å². The minimum absolute atomic E-state index is 0.0944. The van der Waals surface area contributed by atoms with Gasteiger partial charge in [-0.15, -0.1) is 0 Å². The fraction of sp³-hybridized carbons (Fsp3) is 0.0545. The van der Waals surface area contributed by atoms with Crippen LogP contribution >= 0.6 is 0 Å². The Hall–Kier alpha value is -7.76. The third-order valence-electron chi connectivity index (χ3n) is 13.3. The zero-order chi connectivity index (χ0) is 39.1. The molecule has 5 heterocycles. The van der Waals surface area contributed by atoms with E-state index in [0.29, 0.717) is 5.71 Å². The number of nitrogens with zero attached hydrogens (tertiary/aromatic N) is 4. The number of para-hydroxylation sites is 5. The Morgan fingerprint density at radius 3 is 2.03 bits per heavy atom. The summed E-state index contributed by atoms with van der Waals surface area (Å²) in [4.78, 5) is 11.2. The van der Waals surface area contributed by atoms with Crippen molar-refractivity contribution >= 4 is 82.0 Å². The smallest absolute Gasteiger partial charge is 0.231 e. The summed E-state index contributed by atoms with van der Waals surface area (Å²) < 4.78 is 11.6. The minimum Gasteiger partial charge on any atom is -0.438 e. The van der Waals surface area contributed by atoms with E-state index in [0.717, 1.165) is 57.5 Å². The molecule has 0 N–H and O–H groups in total. The van der Waals surface area contributed by atoms with E-state index in [4.69, 9.17) is 14.4 Å². The molecule has 1 aliphatic carbocycles. The summed E-state index contributed by atoms with van der Waals surface area (Å²) in [6.45, 7) is 0. The molecule has 0 spiro atoms. The highest BCUT2D eigenvalue weighted by Crippen LogP contribution is 2.51. The Kier molecular flexibility index (Phi) is 6.39. The summed E-state index contributed by atoms with van der Waals surface area (Å²) in [7, 11) is 0. The van der Waals surface area contributed by atoms with Crippen molar-refractivity contribution in [3.05, 3.63) is 193 Å². The van der Waals surface area contributed by atoms with Crippen LogP contribution < -0.4 is 0 Å². The molecule has 0 radical (unpaired) electrons. The Morgan fingerprint density at radius 1 is 0.517 bits per heavy atom. The second-order valence-corrected chi connectivity index (χ2v) is 16.4. The number of furan rings is 1. The molecule has 60 heavy (non-hydrogen) atoms. The molecule has 0 aliphatic heterocycles. The number of fused-ring (bicyclic) bond motifs is 16. The lowest BCUT2D eigenvalue weighted by Gasteiger charge is -2.19. The fourth-order valence-electron chi connectivity index (χ4n) is 10.8. The first-order valence-electron chi connectivity index (χ1n) is 20.8. The lowest BCUT2D eigenvalue weighted by atomic mass is 9.86. The van der Waals surface area contributed by atoms with Crippen LogP contribution in [0.25, 0.3) is 110 Å². The maximum Gasteiger partial charge on any atom is 0.231 e. The van der Waals surface area contributed by atoms with E-state index in [1.54, 1.807) is 0 Å². The summed E-state index contributed by atoms with van der Waals surface area (Å²) in [5.74, 6) is 0.696. The lowest BCUT2D eigenvalue weighted by molar-refractivity contribution is 0.633. The van der Waals surface area contributed by atoms with Gasteiger partial charge >= 0.3 is 0 Å². The monoisotopic (exact) mass is 766 g/mol. The third-order valence-corrected chi connectivity index (χ3v) is 13.3. The SMILES string of the molecule is c1ccc(-n2c3ccccc3c3cc(-c4nc(C5CCc6ccccc6-c6c5cc5c7ccccc7n7c8ccccc8c6c57)nc5oc6ccccc6c45)ccc32)cc1. The quantitative estimate of drug-likeness (QED) is 0.180. The zero-order valence-corrected chi connectivity index (χ0v) is 32.4. The second-order valence-electron chi connectivity index (χ2n) is 16.4. The van der Waals surface area contributed by atoms with Gasteiger partial charge in [-0.3, -0.25) is 0 Å². The zero-order valence-electron chi connectivity index (χ0n) is 32.4. The van der Waals surface area contributed by atoms with Crippen molar-refractivity contribution in [2.75, 3.05) is 0 Å². The fourth-order valence-corrected chi connectivity index (χ4v) is 10.8. The van der Waals surface area contributed by atoms with Crippen LogP contribution in [0, 0.1) is 0 Å². The van der Waals surface area contributed by atoms with Gasteiger partial charge in [-0.2, -0.15) is 4.98 Å². The molecule has 1 atom stereocenters. The number of hydrogen-bond donors (Lipinski definition) is 0. The van der Waals surface area contributed by atoms with Crippen LogP contribution in [0.4, 0.5) is 0 Å². The van der Waals surface area contributed by atoms with Gasteiger partial charge in [0.05, 0.1) is 38.7 Å². The highest BCUT2D eigenvalue weighted by Gasteiger charge is 2.32. The molecule has 0 saturated heterocycles. The summed E-state index contributed by atoms with van der Waals surface area (Å²) in [5.41, 5.74) is 15.8.